The van der Waals surface area contributed by atoms with Gasteiger partial charge in [0.1, 0.15) is 12.4 Å². The van der Waals surface area contributed by atoms with Crippen LogP contribution in [0.2, 0.25) is 0 Å². The first-order valence-electron chi connectivity index (χ1n) is 7.37. The predicted molar refractivity (Wildman–Crippen MR) is 86.3 cm³/mol. The molecule has 0 heterocycles. The monoisotopic (exact) mass is 317 g/mol. The molecule has 2 rings (SSSR count). The average molecular weight is 317 g/mol. The SMILES string of the molecule is COc1cc(C)ccc1OCCNC(=O)Cc1ccccc1F. The lowest BCUT2D eigenvalue weighted by atomic mass is 10.1. The number of hydrogen-bond donors (Lipinski definition) is 1. The fourth-order valence-electron chi connectivity index (χ4n) is 2.12. The number of halogens is 1. The Kier molecular flexibility index (Phi) is 5.97. The van der Waals surface area contributed by atoms with Crippen LogP contribution in [-0.2, 0) is 11.2 Å². The Morgan fingerprint density at radius 2 is 1.96 bits per heavy atom. The maximum atomic E-state index is 13.5. The number of methoxy groups -OCH3 is 1. The molecule has 0 atom stereocenters. The van der Waals surface area contributed by atoms with E-state index in [-0.39, 0.29) is 18.1 Å². The summed E-state index contributed by atoms with van der Waals surface area (Å²) >= 11 is 0. The predicted octanol–water partition coefficient (Wildman–Crippen LogP) is 2.88. The Labute approximate surface area is 135 Å². The molecule has 5 heteroatoms. The van der Waals surface area contributed by atoms with E-state index in [0.29, 0.717) is 30.2 Å². The van der Waals surface area contributed by atoms with Gasteiger partial charge in [0.25, 0.3) is 0 Å². The highest BCUT2D eigenvalue weighted by atomic mass is 19.1. The summed E-state index contributed by atoms with van der Waals surface area (Å²) in [7, 11) is 1.58. The highest BCUT2D eigenvalue weighted by molar-refractivity contribution is 5.78. The van der Waals surface area contributed by atoms with E-state index in [9.17, 15) is 9.18 Å². The van der Waals surface area contributed by atoms with Crippen molar-refractivity contribution < 1.29 is 18.7 Å². The maximum absolute atomic E-state index is 13.5. The van der Waals surface area contributed by atoms with Crippen LogP contribution < -0.4 is 14.8 Å². The zero-order valence-corrected chi connectivity index (χ0v) is 13.3. The van der Waals surface area contributed by atoms with Gasteiger partial charge in [-0.1, -0.05) is 24.3 Å². The Morgan fingerprint density at radius 1 is 1.17 bits per heavy atom. The highest BCUT2D eigenvalue weighted by Gasteiger charge is 2.08. The molecular formula is C18H20FNO3. The van der Waals surface area contributed by atoms with E-state index in [1.807, 2.05) is 25.1 Å². The lowest BCUT2D eigenvalue weighted by Gasteiger charge is -2.12. The van der Waals surface area contributed by atoms with Gasteiger partial charge in [-0.05, 0) is 36.2 Å². The fraction of sp³-hybridized carbons (Fsp3) is 0.278. The largest absolute Gasteiger partial charge is 0.493 e. The van der Waals surface area contributed by atoms with Gasteiger partial charge in [-0.25, -0.2) is 4.39 Å². The van der Waals surface area contributed by atoms with Gasteiger partial charge in [0, 0.05) is 0 Å². The molecule has 0 radical (unpaired) electrons. The lowest BCUT2D eigenvalue weighted by molar-refractivity contribution is -0.120. The molecule has 0 saturated carbocycles. The van der Waals surface area contributed by atoms with Crippen molar-refractivity contribution in [1.29, 1.82) is 0 Å². The summed E-state index contributed by atoms with van der Waals surface area (Å²) in [5.41, 5.74) is 1.46. The zero-order valence-electron chi connectivity index (χ0n) is 13.3. The molecule has 122 valence electrons. The first-order chi connectivity index (χ1) is 11.1. The molecule has 4 nitrogen and oxygen atoms in total. The second-order valence-electron chi connectivity index (χ2n) is 5.12. The van der Waals surface area contributed by atoms with Crippen molar-refractivity contribution in [3.05, 3.63) is 59.4 Å². The van der Waals surface area contributed by atoms with Crippen molar-refractivity contribution >= 4 is 5.91 Å². The number of benzene rings is 2. The normalized spacial score (nSPS) is 10.2. The number of hydrogen-bond acceptors (Lipinski definition) is 3. The standard InChI is InChI=1S/C18H20FNO3/c1-13-7-8-16(17(11-13)22-2)23-10-9-20-18(21)12-14-5-3-4-6-15(14)19/h3-8,11H,9-10,12H2,1-2H3,(H,20,21). The molecule has 0 aromatic heterocycles. The van der Waals surface area contributed by atoms with E-state index < -0.39 is 0 Å². The van der Waals surface area contributed by atoms with Crippen molar-refractivity contribution in [2.45, 2.75) is 13.3 Å². The molecule has 0 aliphatic carbocycles. The quantitative estimate of drug-likeness (QED) is 0.799. The minimum absolute atomic E-state index is 0.0144. The zero-order chi connectivity index (χ0) is 16.7. The summed E-state index contributed by atoms with van der Waals surface area (Å²) in [6.45, 7) is 2.61. The molecule has 0 saturated heterocycles. The van der Waals surface area contributed by atoms with Crippen LogP contribution in [0, 0.1) is 12.7 Å². The number of rotatable bonds is 7. The lowest BCUT2D eigenvalue weighted by Crippen LogP contribution is -2.29. The number of carbonyl (C=O) groups is 1. The molecule has 1 amide bonds. The number of nitrogens with one attached hydrogen (secondary N) is 1. The molecule has 0 spiro atoms. The molecule has 0 aliphatic heterocycles. The van der Waals surface area contributed by atoms with Crippen LogP contribution in [0.4, 0.5) is 4.39 Å². The molecule has 1 N–H and O–H groups in total. The van der Waals surface area contributed by atoms with Gasteiger partial charge in [-0.15, -0.1) is 0 Å². The minimum atomic E-state index is -0.372. The van der Waals surface area contributed by atoms with Gasteiger partial charge in [0.2, 0.25) is 5.91 Å². The smallest absolute Gasteiger partial charge is 0.224 e. The van der Waals surface area contributed by atoms with Gasteiger partial charge in [-0.3, -0.25) is 4.79 Å². The third kappa shape index (κ3) is 4.98. The number of ether oxygens (including phenoxy) is 2. The van der Waals surface area contributed by atoms with Crippen LogP contribution in [0.25, 0.3) is 0 Å². The van der Waals surface area contributed by atoms with Gasteiger partial charge in [0.15, 0.2) is 11.5 Å². The topological polar surface area (TPSA) is 47.6 Å². The molecule has 0 bridgehead atoms. The third-order valence-corrected chi connectivity index (χ3v) is 3.31. The Bertz CT molecular complexity index is 673. The van der Waals surface area contributed by atoms with Crippen molar-refractivity contribution in [2.75, 3.05) is 20.3 Å². The summed E-state index contributed by atoms with van der Waals surface area (Å²) in [6, 6.07) is 11.9. The van der Waals surface area contributed by atoms with Crippen LogP contribution in [0.3, 0.4) is 0 Å². The summed E-state index contributed by atoms with van der Waals surface area (Å²) in [6.07, 6.45) is 0.0144. The molecule has 0 fully saturated rings. The van der Waals surface area contributed by atoms with E-state index in [2.05, 4.69) is 5.32 Å². The van der Waals surface area contributed by atoms with Crippen LogP contribution >= 0.6 is 0 Å². The third-order valence-electron chi connectivity index (χ3n) is 3.31. The molecule has 2 aromatic rings. The van der Waals surface area contributed by atoms with Crippen LogP contribution in [-0.4, -0.2) is 26.2 Å². The number of amides is 1. The van der Waals surface area contributed by atoms with Crippen molar-refractivity contribution in [1.82, 2.24) is 5.32 Å². The molecule has 0 unspecified atom stereocenters. The van der Waals surface area contributed by atoms with E-state index >= 15 is 0 Å². The summed E-state index contributed by atoms with van der Waals surface area (Å²) in [4.78, 5) is 11.8. The second-order valence-corrected chi connectivity index (χ2v) is 5.12. The minimum Gasteiger partial charge on any atom is -0.493 e. The van der Waals surface area contributed by atoms with E-state index in [4.69, 9.17) is 9.47 Å². The van der Waals surface area contributed by atoms with Gasteiger partial charge in [-0.2, -0.15) is 0 Å². The average Bonchev–Trinajstić information content (AvgIpc) is 2.54. The van der Waals surface area contributed by atoms with Gasteiger partial charge in [0.05, 0.1) is 20.1 Å². The van der Waals surface area contributed by atoms with Crippen LogP contribution in [0.15, 0.2) is 42.5 Å². The summed E-state index contributed by atoms with van der Waals surface area (Å²) in [5, 5.41) is 2.71. The van der Waals surface area contributed by atoms with E-state index in [1.165, 1.54) is 6.07 Å². The van der Waals surface area contributed by atoms with E-state index in [0.717, 1.165) is 5.56 Å². The Morgan fingerprint density at radius 3 is 2.70 bits per heavy atom. The Hall–Kier alpha value is -2.56. The van der Waals surface area contributed by atoms with Crippen LogP contribution in [0.5, 0.6) is 11.5 Å². The van der Waals surface area contributed by atoms with Gasteiger partial charge < -0.3 is 14.8 Å². The molecule has 2 aromatic carbocycles. The Balaban J connectivity index is 1.77. The maximum Gasteiger partial charge on any atom is 0.224 e. The van der Waals surface area contributed by atoms with E-state index in [1.54, 1.807) is 25.3 Å². The van der Waals surface area contributed by atoms with Crippen molar-refractivity contribution in [2.24, 2.45) is 0 Å². The number of carbonyl (C=O) groups excluding carboxylic acids is 1. The molecule has 0 aliphatic rings. The first kappa shape index (κ1) is 16.8. The number of aryl methyl sites for hydroxylation is 1. The van der Waals surface area contributed by atoms with Crippen LogP contribution in [0.1, 0.15) is 11.1 Å². The first-order valence-corrected chi connectivity index (χ1v) is 7.37. The van der Waals surface area contributed by atoms with Crippen molar-refractivity contribution in [3.8, 4) is 11.5 Å². The second kappa shape index (κ2) is 8.17. The van der Waals surface area contributed by atoms with Gasteiger partial charge >= 0.3 is 0 Å². The van der Waals surface area contributed by atoms with Crippen molar-refractivity contribution in [3.63, 3.8) is 0 Å². The fourth-order valence-corrected chi connectivity index (χ4v) is 2.12. The molecule has 23 heavy (non-hydrogen) atoms. The summed E-state index contributed by atoms with van der Waals surface area (Å²) < 4.78 is 24.3. The summed E-state index contributed by atoms with van der Waals surface area (Å²) in [5.74, 6) is 0.669. The highest BCUT2D eigenvalue weighted by Crippen LogP contribution is 2.27. The molecular weight excluding hydrogens is 297 g/mol.